The third-order valence-electron chi connectivity index (χ3n) is 4.26. The van der Waals surface area contributed by atoms with E-state index >= 15 is 0 Å². The highest BCUT2D eigenvalue weighted by Gasteiger charge is 2.18. The van der Waals surface area contributed by atoms with Crippen molar-refractivity contribution < 1.29 is 10.2 Å². The first-order chi connectivity index (χ1) is 10.1. The molecule has 0 aromatic carbocycles. The zero-order chi connectivity index (χ0) is 15.8. The molecular weight excluding hydrogens is 262 g/mol. The molecule has 0 aromatic heterocycles. The summed E-state index contributed by atoms with van der Waals surface area (Å²) >= 11 is 0. The summed E-state index contributed by atoms with van der Waals surface area (Å²) in [6.45, 7) is 2.20. The van der Waals surface area contributed by atoms with Crippen molar-refractivity contribution in [2.24, 2.45) is 5.73 Å². The van der Waals surface area contributed by atoms with Gasteiger partial charge in [-0.3, -0.25) is 0 Å². The van der Waals surface area contributed by atoms with Crippen LogP contribution in [0.3, 0.4) is 0 Å². The summed E-state index contributed by atoms with van der Waals surface area (Å²) in [4.78, 5) is 0. The predicted molar refractivity (Wildman–Crippen MR) is 91.2 cm³/mol. The minimum absolute atomic E-state index is 0.0640. The van der Waals surface area contributed by atoms with Gasteiger partial charge in [0.15, 0.2) is 5.79 Å². The molecule has 21 heavy (non-hydrogen) atoms. The molecule has 4 N–H and O–H groups in total. The lowest BCUT2D eigenvalue weighted by molar-refractivity contribution is -0.157. The van der Waals surface area contributed by atoms with E-state index in [0.717, 1.165) is 12.8 Å². The normalized spacial score (nSPS) is 12.0. The van der Waals surface area contributed by atoms with Crippen LogP contribution in [0.4, 0.5) is 0 Å². The number of hydrogen-bond acceptors (Lipinski definition) is 3. The maximum absolute atomic E-state index is 9.34. The molecule has 0 rings (SSSR count). The topological polar surface area (TPSA) is 66.5 Å². The summed E-state index contributed by atoms with van der Waals surface area (Å²) in [5.74, 6) is -1.64. The summed E-state index contributed by atoms with van der Waals surface area (Å²) in [7, 11) is 0. The average Bonchev–Trinajstić information content (AvgIpc) is 2.47. The van der Waals surface area contributed by atoms with Crippen LogP contribution in [0.25, 0.3) is 0 Å². The van der Waals surface area contributed by atoms with Crippen molar-refractivity contribution in [1.82, 2.24) is 0 Å². The number of nitrogens with two attached hydrogens (primary N) is 1. The highest BCUT2D eigenvalue weighted by atomic mass is 16.5. The maximum Gasteiger partial charge on any atom is 0.175 e. The first kappa shape index (κ1) is 20.9. The third kappa shape index (κ3) is 16.1. The zero-order valence-corrected chi connectivity index (χ0v) is 14.3. The Kier molecular flexibility index (Phi) is 14.7. The van der Waals surface area contributed by atoms with Crippen LogP contribution in [0.1, 0.15) is 103 Å². The van der Waals surface area contributed by atoms with E-state index in [0.29, 0.717) is 6.42 Å². The first-order valence-corrected chi connectivity index (χ1v) is 9.27. The number of rotatable bonds is 16. The van der Waals surface area contributed by atoms with Gasteiger partial charge in [-0.15, -0.1) is 0 Å². The molecule has 0 aliphatic rings. The van der Waals surface area contributed by atoms with Gasteiger partial charge < -0.3 is 15.9 Å². The van der Waals surface area contributed by atoms with Gasteiger partial charge in [-0.05, 0) is 6.42 Å². The molecule has 0 saturated heterocycles. The van der Waals surface area contributed by atoms with Crippen molar-refractivity contribution >= 4 is 0 Å². The van der Waals surface area contributed by atoms with Gasteiger partial charge in [-0.1, -0.05) is 90.4 Å². The smallest absolute Gasteiger partial charge is 0.175 e. The van der Waals surface area contributed by atoms with Gasteiger partial charge in [0.1, 0.15) is 0 Å². The molecule has 0 atom stereocenters. The monoisotopic (exact) mass is 301 g/mol. The largest absolute Gasteiger partial charge is 0.365 e. The number of hydrogen-bond donors (Lipinski definition) is 3. The molecule has 3 nitrogen and oxygen atoms in total. The van der Waals surface area contributed by atoms with E-state index in [1.807, 2.05) is 0 Å². The van der Waals surface area contributed by atoms with E-state index in [-0.39, 0.29) is 6.54 Å². The van der Waals surface area contributed by atoms with Crippen molar-refractivity contribution in [2.45, 2.75) is 109 Å². The van der Waals surface area contributed by atoms with Crippen LogP contribution < -0.4 is 5.73 Å². The van der Waals surface area contributed by atoms with E-state index in [9.17, 15) is 10.2 Å². The van der Waals surface area contributed by atoms with Crippen LogP contribution in [0, 0.1) is 0 Å². The average molecular weight is 302 g/mol. The molecule has 0 saturated carbocycles. The maximum atomic E-state index is 9.34. The third-order valence-corrected chi connectivity index (χ3v) is 4.26. The molecule has 0 aliphatic heterocycles. The molecule has 0 bridgehead atoms. The fourth-order valence-corrected chi connectivity index (χ4v) is 2.70. The fraction of sp³-hybridized carbons (Fsp3) is 1.00. The Morgan fingerprint density at radius 2 is 0.952 bits per heavy atom. The van der Waals surface area contributed by atoms with Gasteiger partial charge in [0.05, 0.1) is 0 Å². The van der Waals surface area contributed by atoms with Crippen LogP contribution in [-0.2, 0) is 0 Å². The summed E-state index contributed by atoms with van der Waals surface area (Å²) in [5.41, 5.74) is 5.26. The first-order valence-electron chi connectivity index (χ1n) is 9.27. The van der Waals surface area contributed by atoms with E-state index < -0.39 is 5.79 Å². The Bertz CT molecular complexity index is 207. The Labute approximate surface area is 132 Å². The van der Waals surface area contributed by atoms with Gasteiger partial charge in [0, 0.05) is 13.0 Å². The van der Waals surface area contributed by atoms with E-state index in [2.05, 4.69) is 6.92 Å². The molecule has 0 radical (unpaired) electrons. The molecule has 128 valence electrons. The fourth-order valence-electron chi connectivity index (χ4n) is 2.70. The van der Waals surface area contributed by atoms with Crippen molar-refractivity contribution in [2.75, 3.05) is 6.54 Å². The number of unbranched alkanes of at least 4 members (excludes halogenated alkanes) is 13. The van der Waals surface area contributed by atoms with Gasteiger partial charge in [-0.25, -0.2) is 0 Å². The summed E-state index contributed by atoms with van der Waals surface area (Å²) in [5, 5.41) is 18.7. The minimum atomic E-state index is -1.64. The molecule has 0 aliphatic carbocycles. The predicted octanol–water partition coefficient (Wildman–Crippen LogP) is 4.50. The van der Waals surface area contributed by atoms with E-state index in [1.54, 1.807) is 0 Å². The van der Waals surface area contributed by atoms with Crippen LogP contribution in [0.2, 0.25) is 0 Å². The molecule has 3 heteroatoms. The molecular formula is C18H39NO2. The van der Waals surface area contributed by atoms with Crippen molar-refractivity contribution in [3.8, 4) is 0 Å². The van der Waals surface area contributed by atoms with Gasteiger partial charge in [0.2, 0.25) is 0 Å². The lowest BCUT2D eigenvalue weighted by Gasteiger charge is -2.18. The Morgan fingerprint density at radius 3 is 1.29 bits per heavy atom. The van der Waals surface area contributed by atoms with Gasteiger partial charge in [0.25, 0.3) is 0 Å². The summed E-state index contributed by atoms with van der Waals surface area (Å²) in [6.07, 6.45) is 18.7. The van der Waals surface area contributed by atoms with Crippen LogP contribution in [0.15, 0.2) is 0 Å². The molecule has 0 unspecified atom stereocenters. The standard InChI is InChI=1S/C18H39NO2/c1-2-3-4-5-6-7-8-9-10-11-12-13-14-15-16-18(20,21)17-19/h20-21H,2-17,19H2,1H3. The molecule has 0 aromatic rings. The lowest BCUT2D eigenvalue weighted by Crippen LogP contribution is -2.37. The second-order valence-electron chi connectivity index (χ2n) is 6.53. The summed E-state index contributed by atoms with van der Waals surface area (Å²) in [6, 6.07) is 0. The van der Waals surface area contributed by atoms with Crippen molar-refractivity contribution in [1.29, 1.82) is 0 Å². The van der Waals surface area contributed by atoms with Crippen LogP contribution in [0.5, 0.6) is 0 Å². The number of aliphatic hydroxyl groups is 2. The van der Waals surface area contributed by atoms with Gasteiger partial charge in [-0.2, -0.15) is 0 Å². The zero-order valence-electron chi connectivity index (χ0n) is 14.3. The summed E-state index contributed by atoms with van der Waals surface area (Å²) < 4.78 is 0. The minimum Gasteiger partial charge on any atom is -0.365 e. The molecule has 0 fully saturated rings. The second-order valence-corrected chi connectivity index (χ2v) is 6.53. The Hall–Kier alpha value is -0.120. The van der Waals surface area contributed by atoms with Crippen LogP contribution in [-0.4, -0.2) is 22.5 Å². The van der Waals surface area contributed by atoms with Crippen molar-refractivity contribution in [3.05, 3.63) is 0 Å². The molecule has 0 spiro atoms. The molecule has 0 heterocycles. The highest BCUT2D eigenvalue weighted by molar-refractivity contribution is 4.64. The second kappa shape index (κ2) is 14.8. The van der Waals surface area contributed by atoms with E-state index in [4.69, 9.17) is 5.73 Å². The Morgan fingerprint density at radius 1 is 0.619 bits per heavy atom. The SMILES string of the molecule is CCCCCCCCCCCCCCCCC(O)(O)CN. The Balaban J connectivity index is 3.06. The van der Waals surface area contributed by atoms with E-state index in [1.165, 1.54) is 77.0 Å². The lowest BCUT2D eigenvalue weighted by atomic mass is 10.0. The highest BCUT2D eigenvalue weighted by Crippen LogP contribution is 2.15. The quantitative estimate of drug-likeness (QED) is 0.290. The van der Waals surface area contributed by atoms with Gasteiger partial charge >= 0.3 is 0 Å². The molecule has 0 amide bonds. The van der Waals surface area contributed by atoms with Crippen molar-refractivity contribution in [3.63, 3.8) is 0 Å². The van der Waals surface area contributed by atoms with Crippen LogP contribution >= 0.6 is 0 Å².